The summed E-state index contributed by atoms with van der Waals surface area (Å²) in [5, 5.41) is 2.66. The molecule has 1 aromatic heterocycles. The van der Waals surface area contributed by atoms with Crippen molar-refractivity contribution in [2.75, 3.05) is 13.2 Å². The number of hydrogen-bond donors (Lipinski definition) is 1. The summed E-state index contributed by atoms with van der Waals surface area (Å²) in [6.07, 6.45) is 6.93. The highest BCUT2D eigenvalue weighted by Crippen LogP contribution is 2.24. The Morgan fingerprint density at radius 1 is 1.44 bits per heavy atom. The van der Waals surface area contributed by atoms with Crippen LogP contribution >= 0.6 is 11.3 Å². The predicted octanol–water partition coefficient (Wildman–Crippen LogP) is 2.38. The van der Waals surface area contributed by atoms with Gasteiger partial charge in [0.2, 0.25) is 0 Å². The minimum absolute atomic E-state index is 0.292. The molecule has 5 heteroatoms. The van der Waals surface area contributed by atoms with E-state index in [4.69, 9.17) is 10.5 Å². The van der Waals surface area contributed by atoms with Gasteiger partial charge < -0.3 is 10.5 Å². The summed E-state index contributed by atoms with van der Waals surface area (Å²) in [6.45, 7) is 1.10. The smallest absolute Gasteiger partial charge is 0.357 e. The van der Waals surface area contributed by atoms with Crippen LogP contribution in [0.4, 0.5) is 0 Å². The Hall–Kier alpha value is -0.940. The number of nitrogens with zero attached hydrogens (tertiary/aromatic N) is 1. The molecule has 0 atom stereocenters. The third-order valence-electron chi connectivity index (χ3n) is 3.29. The van der Waals surface area contributed by atoms with E-state index in [0.717, 1.165) is 11.4 Å². The first kappa shape index (κ1) is 13.5. The van der Waals surface area contributed by atoms with E-state index in [1.807, 2.05) is 0 Å². The number of ether oxygens (including phenoxy) is 1. The predicted molar refractivity (Wildman–Crippen MR) is 71.7 cm³/mol. The van der Waals surface area contributed by atoms with Crippen LogP contribution in [0.15, 0.2) is 5.38 Å². The van der Waals surface area contributed by atoms with Gasteiger partial charge in [0.15, 0.2) is 5.69 Å². The Morgan fingerprint density at radius 3 is 2.94 bits per heavy atom. The zero-order valence-corrected chi connectivity index (χ0v) is 11.4. The van der Waals surface area contributed by atoms with E-state index < -0.39 is 0 Å². The number of aromatic nitrogens is 1. The summed E-state index contributed by atoms with van der Waals surface area (Å²) < 4.78 is 5.33. The van der Waals surface area contributed by atoms with Crippen molar-refractivity contribution in [2.24, 2.45) is 11.7 Å². The molecular formula is C13H20N2O2S. The number of carbonyl (C=O) groups excluding carboxylic acids is 1. The molecule has 1 heterocycles. The normalized spacial score (nSPS) is 16.7. The molecule has 1 saturated carbocycles. The van der Waals surface area contributed by atoms with Crippen LogP contribution in [0.25, 0.3) is 0 Å². The second-order valence-corrected chi connectivity index (χ2v) is 5.71. The molecule has 2 rings (SSSR count). The van der Waals surface area contributed by atoms with E-state index in [0.29, 0.717) is 24.8 Å². The lowest BCUT2D eigenvalue weighted by Gasteiger charge is -2.20. The molecule has 4 nitrogen and oxygen atoms in total. The fourth-order valence-corrected chi connectivity index (χ4v) is 3.05. The van der Waals surface area contributed by atoms with E-state index >= 15 is 0 Å². The average Bonchev–Trinajstić information content (AvgIpc) is 2.86. The van der Waals surface area contributed by atoms with E-state index in [9.17, 15) is 4.79 Å². The molecule has 0 bridgehead atoms. The maximum Gasteiger partial charge on any atom is 0.357 e. The van der Waals surface area contributed by atoms with Crippen molar-refractivity contribution in [1.29, 1.82) is 0 Å². The molecule has 0 amide bonds. The Kier molecular flexibility index (Phi) is 5.13. The van der Waals surface area contributed by atoms with Gasteiger partial charge in [-0.1, -0.05) is 19.3 Å². The molecule has 1 fully saturated rings. The van der Waals surface area contributed by atoms with Crippen molar-refractivity contribution < 1.29 is 9.53 Å². The molecule has 0 radical (unpaired) electrons. The van der Waals surface area contributed by atoms with E-state index in [1.165, 1.54) is 43.4 Å². The largest absolute Gasteiger partial charge is 0.461 e. The maximum atomic E-state index is 11.8. The van der Waals surface area contributed by atoms with Crippen LogP contribution in [0.1, 0.15) is 47.6 Å². The fourth-order valence-electron chi connectivity index (χ4n) is 2.26. The molecule has 0 aliphatic heterocycles. The van der Waals surface area contributed by atoms with Crippen molar-refractivity contribution in [3.05, 3.63) is 16.1 Å². The second-order valence-electron chi connectivity index (χ2n) is 4.77. The van der Waals surface area contributed by atoms with Crippen molar-refractivity contribution in [3.8, 4) is 0 Å². The van der Waals surface area contributed by atoms with Gasteiger partial charge in [0.05, 0.1) is 11.6 Å². The van der Waals surface area contributed by atoms with Crippen LogP contribution in [0.3, 0.4) is 0 Å². The summed E-state index contributed by atoms with van der Waals surface area (Å²) in [4.78, 5) is 16.0. The zero-order valence-electron chi connectivity index (χ0n) is 10.6. The van der Waals surface area contributed by atoms with Gasteiger partial charge in [-0.05, 0) is 25.3 Å². The SMILES string of the molecule is NCCc1nc(C(=O)OCC2CCCCC2)cs1. The summed E-state index contributed by atoms with van der Waals surface area (Å²) in [5.41, 5.74) is 5.88. The van der Waals surface area contributed by atoms with Gasteiger partial charge in [0.1, 0.15) is 0 Å². The lowest BCUT2D eigenvalue weighted by molar-refractivity contribution is 0.0404. The topological polar surface area (TPSA) is 65.2 Å². The third kappa shape index (κ3) is 3.78. The monoisotopic (exact) mass is 268 g/mol. The van der Waals surface area contributed by atoms with Crippen LogP contribution in [0.2, 0.25) is 0 Å². The molecule has 100 valence electrons. The molecule has 1 aliphatic carbocycles. The van der Waals surface area contributed by atoms with Gasteiger partial charge in [-0.2, -0.15) is 0 Å². The summed E-state index contributed by atoms with van der Waals surface area (Å²) in [7, 11) is 0. The number of esters is 1. The van der Waals surface area contributed by atoms with Crippen molar-refractivity contribution in [1.82, 2.24) is 4.98 Å². The van der Waals surface area contributed by atoms with Gasteiger partial charge in [-0.3, -0.25) is 0 Å². The van der Waals surface area contributed by atoms with Gasteiger partial charge in [-0.25, -0.2) is 9.78 Å². The molecule has 0 aromatic carbocycles. The zero-order chi connectivity index (χ0) is 12.8. The Balaban J connectivity index is 1.79. The molecule has 1 aliphatic rings. The summed E-state index contributed by atoms with van der Waals surface area (Å²) in [6, 6.07) is 0. The first-order valence-electron chi connectivity index (χ1n) is 6.61. The van der Waals surface area contributed by atoms with E-state index in [1.54, 1.807) is 5.38 Å². The molecule has 0 unspecified atom stereocenters. The van der Waals surface area contributed by atoms with Crippen LogP contribution in [0, 0.1) is 5.92 Å². The quantitative estimate of drug-likeness (QED) is 0.833. The second kappa shape index (κ2) is 6.85. The van der Waals surface area contributed by atoms with Gasteiger partial charge in [0, 0.05) is 11.8 Å². The minimum atomic E-state index is -0.292. The van der Waals surface area contributed by atoms with Crippen LogP contribution in [0.5, 0.6) is 0 Å². The molecule has 2 N–H and O–H groups in total. The van der Waals surface area contributed by atoms with Gasteiger partial charge in [0.25, 0.3) is 0 Å². The Bertz CT molecular complexity index is 386. The summed E-state index contributed by atoms with van der Waals surface area (Å²) in [5.74, 6) is 0.255. The lowest BCUT2D eigenvalue weighted by atomic mass is 9.90. The highest BCUT2D eigenvalue weighted by atomic mass is 32.1. The maximum absolute atomic E-state index is 11.8. The van der Waals surface area contributed by atoms with Gasteiger partial charge in [-0.15, -0.1) is 11.3 Å². The molecule has 0 spiro atoms. The number of nitrogens with two attached hydrogens (primary N) is 1. The first-order valence-corrected chi connectivity index (χ1v) is 7.49. The van der Waals surface area contributed by atoms with Crippen molar-refractivity contribution in [2.45, 2.75) is 38.5 Å². The Labute approximate surface area is 112 Å². The molecule has 18 heavy (non-hydrogen) atoms. The average molecular weight is 268 g/mol. The van der Waals surface area contributed by atoms with Gasteiger partial charge >= 0.3 is 5.97 Å². The highest BCUT2D eigenvalue weighted by molar-refractivity contribution is 7.09. The number of rotatable bonds is 5. The van der Waals surface area contributed by atoms with Crippen LogP contribution in [-0.4, -0.2) is 24.1 Å². The van der Waals surface area contributed by atoms with E-state index in [-0.39, 0.29) is 5.97 Å². The van der Waals surface area contributed by atoms with Crippen molar-refractivity contribution in [3.63, 3.8) is 0 Å². The molecule has 0 saturated heterocycles. The molecular weight excluding hydrogens is 248 g/mol. The van der Waals surface area contributed by atoms with Crippen molar-refractivity contribution >= 4 is 17.3 Å². The van der Waals surface area contributed by atoms with Crippen LogP contribution in [-0.2, 0) is 11.2 Å². The molecule has 1 aromatic rings. The van der Waals surface area contributed by atoms with Crippen LogP contribution < -0.4 is 5.73 Å². The highest BCUT2D eigenvalue weighted by Gasteiger charge is 2.17. The fraction of sp³-hybridized carbons (Fsp3) is 0.692. The lowest BCUT2D eigenvalue weighted by Crippen LogP contribution is -2.17. The number of thiazole rings is 1. The standard InChI is InChI=1S/C13H20N2O2S/c14-7-6-12-15-11(9-18-12)13(16)17-8-10-4-2-1-3-5-10/h9-10H,1-8,14H2. The number of hydrogen-bond acceptors (Lipinski definition) is 5. The first-order chi connectivity index (χ1) is 8.79. The summed E-state index contributed by atoms with van der Waals surface area (Å²) >= 11 is 1.47. The Morgan fingerprint density at radius 2 is 2.22 bits per heavy atom. The number of carbonyl (C=O) groups is 1. The third-order valence-corrected chi connectivity index (χ3v) is 4.20. The van der Waals surface area contributed by atoms with E-state index in [2.05, 4.69) is 4.98 Å². The minimum Gasteiger partial charge on any atom is -0.461 e.